The Morgan fingerprint density at radius 2 is 2.17 bits per heavy atom. The largest absolute Gasteiger partial charge is 0.515 e. The molecular weight excluding hydrogens is 250 g/mol. The smallest absolute Gasteiger partial charge is 0.208 e. The first-order valence-corrected chi connectivity index (χ1v) is 6.26. The summed E-state index contributed by atoms with van der Waals surface area (Å²) in [5.41, 5.74) is 2.97. The number of H-pyrrole nitrogens is 1. The molecule has 1 aromatic carbocycles. The van der Waals surface area contributed by atoms with Gasteiger partial charge in [-0.3, -0.25) is 4.79 Å². The third kappa shape index (κ3) is 1.63. The number of allylic oxidation sites excluding steroid dienone is 1. The number of carbonyl (C=O) groups excluding carboxylic acids is 1. The lowest BCUT2D eigenvalue weighted by atomic mass is 10.1. The van der Waals surface area contributed by atoms with Gasteiger partial charge >= 0.3 is 0 Å². The van der Waals surface area contributed by atoms with Gasteiger partial charge in [-0.2, -0.15) is 0 Å². The minimum Gasteiger partial charge on any atom is -0.515 e. The Kier molecular flexibility index (Phi) is 2.63. The highest BCUT2D eigenvalue weighted by molar-refractivity contribution is 6.31. The van der Waals surface area contributed by atoms with E-state index in [0.717, 1.165) is 35.6 Å². The summed E-state index contributed by atoms with van der Waals surface area (Å²) in [7, 11) is 0. The van der Waals surface area contributed by atoms with E-state index in [2.05, 4.69) is 4.98 Å². The first-order chi connectivity index (χ1) is 8.70. The molecule has 2 aromatic rings. The van der Waals surface area contributed by atoms with Crippen molar-refractivity contribution in [2.75, 3.05) is 0 Å². The van der Waals surface area contributed by atoms with Gasteiger partial charge in [0.2, 0.25) is 5.78 Å². The molecule has 0 aliphatic heterocycles. The van der Waals surface area contributed by atoms with E-state index >= 15 is 0 Å². The summed E-state index contributed by atoms with van der Waals surface area (Å²) in [4.78, 5) is 15.4. The number of nitrogens with one attached hydrogen (secondary N) is 1. The van der Waals surface area contributed by atoms with E-state index in [4.69, 9.17) is 16.7 Å². The summed E-state index contributed by atoms with van der Waals surface area (Å²) >= 11 is 6.00. The topological polar surface area (TPSA) is 53.1 Å². The van der Waals surface area contributed by atoms with Crippen molar-refractivity contribution in [1.82, 2.24) is 4.98 Å². The molecule has 0 amide bonds. The van der Waals surface area contributed by atoms with E-state index in [0.29, 0.717) is 22.7 Å². The summed E-state index contributed by atoms with van der Waals surface area (Å²) in [5, 5.41) is 10.8. The van der Waals surface area contributed by atoms with Crippen LogP contribution in [0.1, 0.15) is 28.9 Å². The molecule has 0 unspecified atom stereocenters. The zero-order chi connectivity index (χ0) is 12.7. The molecule has 0 radical (unpaired) electrons. The number of hydrogen-bond donors (Lipinski definition) is 2. The van der Waals surface area contributed by atoms with Gasteiger partial charge in [0.15, 0.2) is 0 Å². The third-order valence-electron chi connectivity index (χ3n) is 3.42. The Balaban J connectivity index is 2.27. The maximum absolute atomic E-state index is 12.2. The van der Waals surface area contributed by atoms with Crippen LogP contribution in [-0.2, 0) is 6.42 Å². The fourth-order valence-electron chi connectivity index (χ4n) is 2.53. The van der Waals surface area contributed by atoms with Crippen molar-refractivity contribution in [3.63, 3.8) is 0 Å². The van der Waals surface area contributed by atoms with Crippen molar-refractivity contribution < 1.29 is 9.90 Å². The molecule has 0 atom stereocenters. The zero-order valence-electron chi connectivity index (χ0n) is 9.66. The summed E-state index contributed by atoms with van der Waals surface area (Å²) in [5.74, 6) is -0.114. The second-order valence-electron chi connectivity index (χ2n) is 4.51. The standard InChI is InChI=1S/C14H12ClNO2/c15-9-4-5-12-11(6-9)10-3-1-2-8(7-17)14(18)13(10)16-12/h4-7,16-17H,1-3H2/b8-7+. The predicted molar refractivity (Wildman–Crippen MR) is 71.3 cm³/mol. The van der Waals surface area contributed by atoms with Crippen LogP contribution in [0, 0.1) is 0 Å². The number of aliphatic hydroxyl groups excluding tert-OH is 1. The minimum absolute atomic E-state index is 0.114. The van der Waals surface area contributed by atoms with Gasteiger partial charge in [-0.05, 0) is 43.0 Å². The highest BCUT2D eigenvalue weighted by atomic mass is 35.5. The number of Topliss-reactive ketones (excluding diaryl/α,β-unsaturated/α-hetero) is 1. The molecule has 0 fully saturated rings. The normalized spacial score (nSPS) is 18.1. The minimum atomic E-state index is -0.114. The van der Waals surface area contributed by atoms with Crippen LogP contribution in [0.4, 0.5) is 0 Å². The van der Waals surface area contributed by atoms with Crippen LogP contribution >= 0.6 is 11.6 Å². The van der Waals surface area contributed by atoms with Gasteiger partial charge < -0.3 is 10.1 Å². The number of halogens is 1. The van der Waals surface area contributed by atoms with Gasteiger partial charge in [-0.1, -0.05) is 11.6 Å². The molecule has 0 saturated heterocycles. The maximum Gasteiger partial charge on any atom is 0.208 e. The summed E-state index contributed by atoms with van der Waals surface area (Å²) in [6.45, 7) is 0. The van der Waals surface area contributed by atoms with Crippen LogP contribution in [-0.4, -0.2) is 15.9 Å². The van der Waals surface area contributed by atoms with Crippen LogP contribution in [0.25, 0.3) is 10.9 Å². The number of rotatable bonds is 0. The molecule has 0 saturated carbocycles. The number of carbonyl (C=O) groups is 1. The molecule has 1 heterocycles. The van der Waals surface area contributed by atoms with Crippen molar-refractivity contribution in [3.8, 4) is 0 Å². The maximum atomic E-state index is 12.2. The molecule has 4 heteroatoms. The van der Waals surface area contributed by atoms with Crippen LogP contribution in [0.5, 0.6) is 0 Å². The summed E-state index contributed by atoms with van der Waals surface area (Å²) in [6.07, 6.45) is 3.21. The fourth-order valence-corrected chi connectivity index (χ4v) is 2.70. The first kappa shape index (κ1) is 11.4. The highest BCUT2D eigenvalue weighted by Crippen LogP contribution is 2.31. The van der Waals surface area contributed by atoms with E-state index in [1.165, 1.54) is 0 Å². The van der Waals surface area contributed by atoms with E-state index in [1.54, 1.807) is 6.07 Å². The number of benzene rings is 1. The third-order valence-corrected chi connectivity index (χ3v) is 3.65. The monoisotopic (exact) mass is 261 g/mol. The van der Waals surface area contributed by atoms with Crippen LogP contribution < -0.4 is 0 Å². The Morgan fingerprint density at radius 1 is 1.33 bits per heavy atom. The highest BCUT2D eigenvalue weighted by Gasteiger charge is 2.24. The van der Waals surface area contributed by atoms with E-state index in [-0.39, 0.29) is 5.78 Å². The average molecular weight is 262 g/mol. The quantitative estimate of drug-likeness (QED) is 0.431. The summed E-state index contributed by atoms with van der Waals surface area (Å²) in [6, 6.07) is 5.56. The lowest BCUT2D eigenvalue weighted by molar-refractivity contribution is 0.102. The lowest BCUT2D eigenvalue weighted by Crippen LogP contribution is -2.03. The zero-order valence-corrected chi connectivity index (χ0v) is 10.4. The van der Waals surface area contributed by atoms with Crippen molar-refractivity contribution >= 4 is 28.3 Å². The average Bonchev–Trinajstić information content (AvgIpc) is 2.64. The molecule has 0 spiro atoms. The number of fused-ring (bicyclic) bond motifs is 3. The molecule has 2 N–H and O–H groups in total. The molecule has 18 heavy (non-hydrogen) atoms. The van der Waals surface area contributed by atoms with E-state index < -0.39 is 0 Å². The van der Waals surface area contributed by atoms with Crippen molar-refractivity contribution in [2.45, 2.75) is 19.3 Å². The van der Waals surface area contributed by atoms with Crippen LogP contribution in [0.15, 0.2) is 30.0 Å². The predicted octanol–water partition coefficient (Wildman–Crippen LogP) is 3.78. The van der Waals surface area contributed by atoms with Gasteiger partial charge in [0.1, 0.15) is 0 Å². The van der Waals surface area contributed by atoms with E-state index in [9.17, 15) is 4.79 Å². The van der Waals surface area contributed by atoms with Gasteiger partial charge in [-0.25, -0.2) is 0 Å². The van der Waals surface area contributed by atoms with Crippen molar-refractivity contribution in [3.05, 3.63) is 46.3 Å². The second kappa shape index (κ2) is 4.18. The Bertz CT molecular complexity index is 670. The van der Waals surface area contributed by atoms with Crippen molar-refractivity contribution in [2.24, 2.45) is 0 Å². The number of ketones is 1. The van der Waals surface area contributed by atoms with Gasteiger partial charge in [0, 0.05) is 21.5 Å². The first-order valence-electron chi connectivity index (χ1n) is 5.89. The number of aryl methyl sites for hydroxylation is 1. The molecule has 1 aliphatic rings. The van der Waals surface area contributed by atoms with Gasteiger partial charge in [0.25, 0.3) is 0 Å². The Labute approximate surface area is 109 Å². The molecule has 3 rings (SSSR count). The van der Waals surface area contributed by atoms with Gasteiger partial charge in [-0.15, -0.1) is 0 Å². The van der Waals surface area contributed by atoms with Crippen LogP contribution in [0.2, 0.25) is 5.02 Å². The SMILES string of the molecule is O=C1/C(=C/O)CCCc2c1[nH]c1ccc(Cl)cc21. The lowest BCUT2D eigenvalue weighted by Gasteiger charge is -1.98. The molecule has 1 aliphatic carbocycles. The van der Waals surface area contributed by atoms with E-state index in [1.807, 2.05) is 12.1 Å². The number of hydrogen-bond acceptors (Lipinski definition) is 2. The molecule has 92 valence electrons. The Morgan fingerprint density at radius 3 is 2.94 bits per heavy atom. The van der Waals surface area contributed by atoms with Crippen molar-refractivity contribution in [1.29, 1.82) is 0 Å². The summed E-state index contributed by atoms with van der Waals surface area (Å²) < 4.78 is 0. The Hall–Kier alpha value is -1.74. The molecule has 3 nitrogen and oxygen atoms in total. The van der Waals surface area contributed by atoms with Gasteiger partial charge in [0.05, 0.1) is 12.0 Å². The van der Waals surface area contributed by atoms with Crippen LogP contribution in [0.3, 0.4) is 0 Å². The fraction of sp³-hybridized carbons (Fsp3) is 0.214. The number of aliphatic hydroxyl groups is 1. The number of aromatic nitrogens is 1. The second-order valence-corrected chi connectivity index (χ2v) is 4.94. The molecule has 0 bridgehead atoms. The molecular formula is C14H12ClNO2. The number of aromatic amines is 1. The molecule has 1 aromatic heterocycles.